The lowest BCUT2D eigenvalue weighted by Gasteiger charge is -2.09. The molecule has 122 valence electrons. The summed E-state index contributed by atoms with van der Waals surface area (Å²) in [6.45, 7) is 0.899. The van der Waals surface area contributed by atoms with Gasteiger partial charge < -0.3 is 10.1 Å². The molecule has 0 radical (unpaired) electrons. The minimum absolute atomic E-state index is 0.0189. The van der Waals surface area contributed by atoms with Gasteiger partial charge in [0.1, 0.15) is 5.70 Å². The van der Waals surface area contributed by atoms with Crippen LogP contribution in [0.3, 0.4) is 0 Å². The Morgan fingerprint density at radius 2 is 1.54 bits per heavy atom. The van der Waals surface area contributed by atoms with E-state index in [1.54, 1.807) is 42.5 Å². The number of rotatable bonds is 6. The molecular formula is C19H17NO4. The van der Waals surface area contributed by atoms with Crippen LogP contribution in [0.5, 0.6) is 0 Å². The topological polar surface area (TPSA) is 72.5 Å². The average molecular weight is 323 g/mol. The van der Waals surface area contributed by atoms with Gasteiger partial charge in [0.05, 0.1) is 0 Å². The van der Waals surface area contributed by atoms with E-state index in [0.29, 0.717) is 5.56 Å². The summed E-state index contributed by atoms with van der Waals surface area (Å²) in [4.78, 5) is 35.4. The van der Waals surface area contributed by atoms with Gasteiger partial charge in [-0.2, -0.15) is 0 Å². The molecule has 0 atom stereocenters. The Morgan fingerprint density at radius 3 is 2.12 bits per heavy atom. The first kappa shape index (κ1) is 17.1. The number of Topliss-reactive ketones (excluding diaryl/α,β-unsaturated/α-hetero) is 1. The van der Waals surface area contributed by atoms with Crippen LogP contribution in [0.1, 0.15) is 22.8 Å². The highest BCUT2D eigenvalue weighted by atomic mass is 16.5. The Bertz CT molecular complexity index is 751. The SMILES string of the molecule is CC(=O)N/C(=C/c1ccccc1)C(=O)OCC(=O)c1ccccc1. The Kier molecular flexibility index (Phi) is 6.02. The standard InChI is InChI=1S/C19H17NO4/c1-14(21)20-17(12-15-8-4-2-5-9-15)19(23)24-13-18(22)16-10-6-3-7-11-16/h2-12H,13H2,1H3,(H,20,21)/b17-12+. The van der Waals surface area contributed by atoms with Crippen molar-refractivity contribution in [1.82, 2.24) is 5.32 Å². The molecule has 0 aliphatic heterocycles. The number of esters is 1. The maximum atomic E-state index is 12.2. The van der Waals surface area contributed by atoms with Gasteiger partial charge in [-0.3, -0.25) is 9.59 Å². The number of nitrogens with one attached hydrogen (secondary N) is 1. The van der Waals surface area contributed by atoms with E-state index in [-0.39, 0.29) is 11.5 Å². The molecule has 24 heavy (non-hydrogen) atoms. The van der Waals surface area contributed by atoms with Crippen molar-refractivity contribution in [3.63, 3.8) is 0 Å². The first-order valence-electron chi connectivity index (χ1n) is 7.36. The van der Waals surface area contributed by atoms with Crippen molar-refractivity contribution in [1.29, 1.82) is 0 Å². The van der Waals surface area contributed by atoms with Gasteiger partial charge in [0.25, 0.3) is 0 Å². The molecule has 5 heteroatoms. The summed E-state index contributed by atoms with van der Waals surface area (Å²) in [6.07, 6.45) is 1.50. The van der Waals surface area contributed by atoms with E-state index in [9.17, 15) is 14.4 Å². The second-order valence-electron chi connectivity index (χ2n) is 5.02. The van der Waals surface area contributed by atoms with Gasteiger partial charge in [-0.25, -0.2) is 4.79 Å². The maximum Gasteiger partial charge on any atom is 0.355 e. The molecule has 1 amide bonds. The summed E-state index contributed by atoms with van der Waals surface area (Å²) >= 11 is 0. The van der Waals surface area contributed by atoms with Crippen LogP contribution in [0.2, 0.25) is 0 Å². The zero-order valence-corrected chi connectivity index (χ0v) is 13.2. The smallest absolute Gasteiger partial charge is 0.355 e. The molecule has 5 nitrogen and oxygen atoms in total. The molecule has 2 aromatic rings. The van der Waals surface area contributed by atoms with Gasteiger partial charge >= 0.3 is 5.97 Å². The number of amides is 1. The fourth-order valence-electron chi connectivity index (χ4n) is 1.97. The first-order chi connectivity index (χ1) is 11.6. The predicted molar refractivity (Wildman–Crippen MR) is 90.0 cm³/mol. The number of carbonyl (C=O) groups is 3. The third kappa shape index (κ3) is 5.21. The highest BCUT2D eigenvalue weighted by Gasteiger charge is 2.15. The fourth-order valence-corrected chi connectivity index (χ4v) is 1.97. The van der Waals surface area contributed by atoms with Crippen LogP contribution < -0.4 is 5.32 Å². The molecule has 0 spiro atoms. The second kappa shape index (κ2) is 8.43. The van der Waals surface area contributed by atoms with Crippen LogP contribution in [-0.4, -0.2) is 24.3 Å². The van der Waals surface area contributed by atoms with E-state index in [4.69, 9.17) is 4.74 Å². The monoisotopic (exact) mass is 323 g/mol. The fraction of sp³-hybridized carbons (Fsp3) is 0.105. The van der Waals surface area contributed by atoms with Crippen molar-refractivity contribution in [2.75, 3.05) is 6.61 Å². The summed E-state index contributed by atoms with van der Waals surface area (Å²) in [5.74, 6) is -1.48. The van der Waals surface area contributed by atoms with E-state index >= 15 is 0 Å². The Labute approximate surface area is 140 Å². The molecule has 2 rings (SSSR count). The molecule has 2 aromatic carbocycles. The van der Waals surface area contributed by atoms with Crippen molar-refractivity contribution in [3.8, 4) is 0 Å². The molecule has 0 aromatic heterocycles. The first-order valence-corrected chi connectivity index (χ1v) is 7.36. The van der Waals surface area contributed by atoms with Crippen molar-refractivity contribution in [3.05, 3.63) is 77.5 Å². The summed E-state index contributed by atoms with van der Waals surface area (Å²) in [5, 5.41) is 2.43. The van der Waals surface area contributed by atoms with E-state index in [1.165, 1.54) is 13.0 Å². The molecule has 1 N–H and O–H groups in total. The second-order valence-corrected chi connectivity index (χ2v) is 5.02. The molecule has 0 saturated carbocycles. The number of ketones is 1. The van der Waals surface area contributed by atoms with Crippen molar-refractivity contribution in [2.45, 2.75) is 6.92 Å². The van der Waals surface area contributed by atoms with Crippen LogP contribution in [0.4, 0.5) is 0 Å². The molecule has 0 fully saturated rings. The summed E-state index contributed by atoms with van der Waals surface area (Å²) in [6, 6.07) is 17.6. The molecule has 0 saturated heterocycles. The molecule has 0 aliphatic rings. The van der Waals surface area contributed by atoms with Crippen LogP contribution in [0.25, 0.3) is 6.08 Å². The highest BCUT2D eigenvalue weighted by molar-refractivity contribution is 6.01. The Morgan fingerprint density at radius 1 is 0.958 bits per heavy atom. The van der Waals surface area contributed by atoms with E-state index in [2.05, 4.69) is 5.32 Å². The quantitative estimate of drug-likeness (QED) is 0.504. The lowest BCUT2D eigenvalue weighted by Crippen LogP contribution is -2.27. The van der Waals surface area contributed by atoms with Gasteiger partial charge in [0, 0.05) is 12.5 Å². The van der Waals surface area contributed by atoms with Crippen LogP contribution >= 0.6 is 0 Å². The van der Waals surface area contributed by atoms with Gasteiger partial charge in [-0.15, -0.1) is 0 Å². The normalized spacial score (nSPS) is 10.8. The van der Waals surface area contributed by atoms with Crippen molar-refractivity contribution >= 4 is 23.7 Å². The summed E-state index contributed by atoms with van der Waals surface area (Å²) in [7, 11) is 0. The maximum absolute atomic E-state index is 12.2. The number of ether oxygens (including phenoxy) is 1. The van der Waals surface area contributed by atoms with E-state index in [1.807, 2.05) is 18.2 Å². The van der Waals surface area contributed by atoms with E-state index < -0.39 is 18.5 Å². The molecule has 0 bridgehead atoms. The Hall–Kier alpha value is -3.21. The van der Waals surface area contributed by atoms with Crippen LogP contribution in [-0.2, 0) is 14.3 Å². The lowest BCUT2D eigenvalue weighted by molar-refractivity contribution is -0.139. The average Bonchev–Trinajstić information content (AvgIpc) is 2.60. The zero-order valence-electron chi connectivity index (χ0n) is 13.2. The molecule has 0 aliphatic carbocycles. The van der Waals surface area contributed by atoms with Gasteiger partial charge in [0.15, 0.2) is 12.4 Å². The van der Waals surface area contributed by atoms with Crippen molar-refractivity contribution < 1.29 is 19.1 Å². The van der Waals surface area contributed by atoms with Gasteiger partial charge in [-0.05, 0) is 11.6 Å². The van der Waals surface area contributed by atoms with Crippen LogP contribution in [0, 0.1) is 0 Å². The third-order valence-electron chi connectivity index (χ3n) is 3.07. The van der Waals surface area contributed by atoms with Crippen molar-refractivity contribution in [2.24, 2.45) is 0 Å². The summed E-state index contributed by atoms with van der Waals surface area (Å²) < 4.78 is 5.02. The van der Waals surface area contributed by atoms with E-state index in [0.717, 1.165) is 5.56 Å². The largest absolute Gasteiger partial charge is 0.453 e. The van der Waals surface area contributed by atoms with Gasteiger partial charge in [-0.1, -0.05) is 60.7 Å². The predicted octanol–water partition coefficient (Wildman–Crippen LogP) is 2.59. The third-order valence-corrected chi connectivity index (χ3v) is 3.07. The molecular weight excluding hydrogens is 306 g/mol. The molecule has 0 heterocycles. The molecule has 0 unspecified atom stereocenters. The Balaban J connectivity index is 2.07. The minimum atomic E-state index is -0.765. The minimum Gasteiger partial charge on any atom is -0.453 e. The number of carbonyl (C=O) groups excluding carboxylic acids is 3. The highest BCUT2D eigenvalue weighted by Crippen LogP contribution is 2.07. The number of benzene rings is 2. The van der Waals surface area contributed by atoms with Crippen LogP contribution in [0.15, 0.2) is 66.4 Å². The number of hydrogen-bond acceptors (Lipinski definition) is 4. The zero-order chi connectivity index (χ0) is 17.4. The number of hydrogen-bond donors (Lipinski definition) is 1. The van der Waals surface area contributed by atoms with Gasteiger partial charge in [0.2, 0.25) is 5.91 Å². The summed E-state index contributed by atoms with van der Waals surface area (Å²) in [5.41, 5.74) is 1.17. The lowest BCUT2D eigenvalue weighted by atomic mass is 10.1.